The number of carbonyl (C=O) groups is 1. The maximum Gasteiger partial charge on any atom is 0.309 e. The lowest BCUT2D eigenvalue weighted by atomic mass is 10.1. The van der Waals surface area contributed by atoms with E-state index < -0.39 is 0 Å². The lowest BCUT2D eigenvalue weighted by molar-refractivity contribution is 0.0902. The van der Waals surface area contributed by atoms with Gasteiger partial charge < -0.3 is 9.73 Å². The lowest BCUT2D eigenvalue weighted by Gasteiger charge is -2.12. The summed E-state index contributed by atoms with van der Waals surface area (Å²) in [7, 11) is 0. The SMILES string of the molecule is CC(C)c1nnc(C(=O)NC(C)c2ccccc2)o1. The number of nitrogens with zero attached hydrogens (tertiary/aromatic N) is 2. The van der Waals surface area contributed by atoms with Crippen molar-refractivity contribution in [2.45, 2.75) is 32.7 Å². The topological polar surface area (TPSA) is 68.0 Å². The third-order valence-electron chi connectivity index (χ3n) is 2.78. The molecule has 0 fully saturated rings. The Bertz CT molecular complexity index is 549. The molecule has 0 aliphatic heterocycles. The normalized spacial score (nSPS) is 12.4. The fourth-order valence-corrected chi connectivity index (χ4v) is 1.64. The fourth-order valence-electron chi connectivity index (χ4n) is 1.64. The van der Waals surface area contributed by atoms with Crippen LogP contribution < -0.4 is 5.32 Å². The Kier molecular flexibility index (Phi) is 3.94. The molecule has 2 rings (SSSR count). The smallest absolute Gasteiger partial charge is 0.309 e. The third-order valence-corrected chi connectivity index (χ3v) is 2.78. The minimum Gasteiger partial charge on any atom is -0.417 e. The molecule has 0 saturated heterocycles. The van der Waals surface area contributed by atoms with Crippen molar-refractivity contribution >= 4 is 5.91 Å². The summed E-state index contributed by atoms with van der Waals surface area (Å²) in [5.41, 5.74) is 1.03. The van der Waals surface area contributed by atoms with Crippen molar-refractivity contribution < 1.29 is 9.21 Å². The van der Waals surface area contributed by atoms with Crippen LogP contribution in [0.2, 0.25) is 0 Å². The number of amides is 1. The van der Waals surface area contributed by atoms with E-state index in [9.17, 15) is 4.79 Å². The Morgan fingerprint density at radius 1 is 1.16 bits per heavy atom. The van der Waals surface area contributed by atoms with E-state index in [4.69, 9.17) is 4.42 Å². The number of rotatable bonds is 4. The summed E-state index contributed by atoms with van der Waals surface area (Å²) in [6.07, 6.45) is 0. The third kappa shape index (κ3) is 3.19. The molecule has 1 aromatic heterocycles. The van der Waals surface area contributed by atoms with E-state index in [1.54, 1.807) is 0 Å². The van der Waals surface area contributed by atoms with Crippen LogP contribution in [-0.4, -0.2) is 16.1 Å². The second-order valence-electron chi connectivity index (χ2n) is 4.71. The van der Waals surface area contributed by atoms with Gasteiger partial charge in [-0.1, -0.05) is 44.2 Å². The van der Waals surface area contributed by atoms with E-state index in [1.807, 2.05) is 51.1 Å². The molecule has 1 amide bonds. The highest BCUT2D eigenvalue weighted by Gasteiger charge is 2.18. The maximum atomic E-state index is 12.0. The zero-order valence-electron chi connectivity index (χ0n) is 11.3. The summed E-state index contributed by atoms with van der Waals surface area (Å²) >= 11 is 0. The first-order valence-corrected chi connectivity index (χ1v) is 6.27. The molecule has 0 bridgehead atoms. The van der Waals surface area contributed by atoms with Gasteiger partial charge in [-0.3, -0.25) is 4.79 Å². The van der Waals surface area contributed by atoms with Crippen molar-refractivity contribution in [3.05, 3.63) is 47.7 Å². The number of nitrogens with one attached hydrogen (secondary N) is 1. The molecule has 1 N–H and O–H groups in total. The predicted molar refractivity (Wildman–Crippen MR) is 70.7 cm³/mol. The molecule has 0 aliphatic carbocycles. The monoisotopic (exact) mass is 259 g/mol. The van der Waals surface area contributed by atoms with Crippen molar-refractivity contribution in [1.82, 2.24) is 15.5 Å². The molecule has 19 heavy (non-hydrogen) atoms. The van der Waals surface area contributed by atoms with Crippen molar-refractivity contribution in [2.24, 2.45) is 0 Å². The fraction of sp³-hybridized carbons (Fsp3) is 0.357. The van der Waals surface area contributed by atoms with Crippen LogP contribution >= 0.6 is 0 Å². The quantitative estimate of drug-likeness (QED) is 0.916. The average Bonchev–Trinajstić information content (AvgIpc) is 2.89. The first-order chi connectivity index (χ1) is 9.08. The van der Waals surface area contributed by atoms with Gasteiger partial charge in [-0.2, -0.15) is 0 Å². The number of hydrogen-bond acceptors (Lipinski definition) is 4. The lowest BCUT2D eigenvalue weighted by Crippen LogP contribution is -2.26. The second kappa shape index (κ2) is 5.65. The van der Waals surface area contributed by atoms with Gasteiger partial charge >= 0.3 is 11.8 Å². The molecule has 1 heterocycles. The van der Waals surface area contributed by atoms with Gasteiger partial charge in [0.05, 0.1) is 6.04 Å². The molecular formula is C14H17N3O2. The van der Waals surface area contributed by atoms with E-state index in [0.29, 0.717) is 5.89 Å². The highest BCUT2D eigenvalue weighted by Crippen LogP contribution is 2.14. The first-order valence-electron chi connectivity index (χ1n) is 6.27. The van der Waals surface area contributed by atoms with E-state index in [2.05, 4.69) is 15.5 Å². The summed E-state index contributed by atoms with van der Waals surface area (Å²) in [6, 6.07) is 9.60. The van der Waals surface area contributed by atoms with Gasteiger partial charge in [-0.25, -0.2) is 0 Å². The predicted octanol–water partition coefficient (Wildman–Crippen LogP) is 2.68. The molecule has 0 aliphatic rings. The largest absolute Gasteiger partial charge is 0.417 e. The Morgan fingerprint density at radius 3 is 2.42 bits per heavy atom. The molecule has 1 atom stereocenters. The number of benzene rings is 1. The summed E-state index contributed by atoms with van der Waals surface area (Å²) in [5.74, 6) is 0.236. The second-order valence-corrected chi connectivity index (χ2v) is 4.71. The molecule has 2 aromatic rings. The molecule has 100 valence electrons. The van der Waals surface area contributed by atoms with Gasteiger partial charge in [0, 0.05) is 5.92 Å². The van der Waals surface area contributed by atoms with Crippen LogP contribution in [0.5, 0.6) is 0 Å². The van der Waals surface area contributed by atoms with Crippen molar-refractivity contribution in [2.75, 3.05) is 0 Å². The molecule has 5 nitrogen and oxygen atoms in total. The number of aromatic nitrogens is 2. The molecule has 0 saturated carbocycles. The van der Waals surface area contributed by atoms with Gasteiger partial charge in [-0.15, -0.1) is 10.2 Å². The van der Waals surface area contributed by atoms with E-state index in [1.165, 1.54) is 0 Å². The van der Waals surface area contributed by atoms with Gasteiger partial charge in [0.2, 0.25) is 5.89 Å². The van der Waals surface area contributed by atoms with Crippen molar-refractivity contribution in [1.29, 1.82) is 0 Å². The highest BCUT2D eigenvalue weighted by molar-refractivity contribution is 5.89. The summed E-state index contributed by atoms with van der Waals surface area (Å²) in [4.78, 5) is 12.0. The summed E-state index contributed by atoms with van der Waals surface area (Å²) in [6.45, 7) is 5.77. The molecule has 1 unspecified atom stereocenters. The zero-order valence-corrected chi connectivity index (χ0v) is 11.3. The van der Waals surface area contributed by atoms with E-state index in [0.717, 1.165) is 5.56 Å². The van der Waals surface area contributed by atoms with Crippen LogP contribution in [-0.2, 0) is 0 Å². The van der Waals surface area contributed by atoms with Crippen LogP contribution in [0, 0.1) is 0 Å². The minimum absolute atomic E-state index is 0.00600. The van der Waals surface area contributed by atoms with Crippen LogP contribution in [0.15, 0.2) is 34.7 Å². The molecular weight excluding hydrogens is 242 g/mol. The van der Waals surface area contributed by atoms with Gasteiger partial charge in [0.25, 0.3) is 0 Å². The Labute approximate surface area is 112 Å². The van der Waals surface area contributed by atoms with Gasteiger partial charge in [0.15, 0.2) is 0 Å². The molecule has 5 heteroatoms. The molecule has 0 spiro atoms. The van der Waals surface area contributed by atoms with Crippen molar-refractivity contribution in [3.63, 3.8) is 0 Å². The van der Waals surface area contributed by atoms with Crippen LogP contribution in [0.25, 0.3) is 0 Å². The van der Waals surface area contributed by atoms with Gasteiger partial charge in [-0.05, 0) is 12.5 Å². The van der Waals surface area contributed by atoms with E-state index in [-0.39, 0.29) is 23.8 Å². The van der Waals surface area contributed by atoms with Crippen LogP contribution in [0.4, 0.5) is 0 Å². The van der Waals surface area contributed by atoms with Crippen LogP contribution in [0.3, 0.4) is 0 Å². The Balaban J connectivity index is 2.04. The summed E-state index contributed by atoms with van der Waals surface area (Å²) in [5, 5.41) is 10.4. The maximum absolute atomic E-state index is 12.0. The first kappa shape index (κ1) is 13.3. The van der Waals surface area contributed by atoms with Gasteiger partial charge in [0.1, 0.15) is 0 Å². The standard InChI is InChI=1S/C14H17N3O2/c1-9(2)13-16-17-14(19-13)12(18)15-10(3)11-7-5-4-6-8-11/h4-10H,1-3H3,(H,15,18). The average molecular weight is 259 g/mol. The summed E-state index contributed by atoms with van der Waals surface area (Å²) < 4.78 is 5.31. The Morgan fingerprint density at radius 2 is 1.84 bits per heavy atom. The Hall–Kier alpha value is -2.17. The number of hydrogen-bond donors (Lipinski definition) is 1. The molecule has 0 radical (unpaired) electrons. The zero-order chi connectivity index (χ0) is 13.8. The van der Waals surface area contributed by atoms with Crippen molar-refractivity contribution in [3.8, 4) is 0 Å². The van der Waals surface area contributed by atoms with E-state index >= 15 is 0 Å². The minimum atomic E-state index is -0.351. The highest BCUT2D eigenvalue weighted by atomic mass is 16.4. The van der Waals surface area contributed by atoms with Crippen LogP contribution in [0.1, 0.15) is 54.9 Å². The molecule has 1 aromatic carbocycles. The number of carbonyl (C=O) groups excluding carboxylic acids is 1.